The number of carboxylic acid groups (broad SMARTS) is 1. The van der Waals surface area contributed by atoms with Crippen LogP contribution in [-0.2, 0) is 4.79 Å². The number of anilines is 1. The number of carbonyl (C=O) groups excluding carboxylic acids is 1. The quantitative estimate of drug-likeness (QED) is 0.875. The molecule has 0 aromatic heterocycles. The second kappa shape index (κ2) is 7.14. The van der Waals surface area contributed by atoms with Gasteiger partial charge in [0.25, 0.3) is 0 Å². The molecule has 20 heavy (non-hydrogen) atoms. The van der Waals surface area contributed by atoms with E-state index in [4.69, 9.17) is 16.7 Å². The maximum Gasteiger partial charge on any atom is 0.323 e. The highest BCUT2D eigenvalue weighted by Crippen LogP contribution is 2.20. The van der Waals surface area contributed by atoms with Crippen molar-refractivity contribution in [2.45, 2.75) is 33.2 Å². The number of hydrogen-bond donors (Lipinski definition) is 2. The number of carbonyl (C=O) groups is 2. The summed E-state index contributed by atoms with van der Waals surface area (Å²) in [5.41, 5.74) is 1.46. The molecule has 1 atom stereocenters. The van der Waals surface area contributed by atoms with Crippen LogP contribution < -0.4 is 5.32 Å². The minimum Gasteiger partial charge on any atom is -0.480 e. The maximum absolute atomic E-state index is 12.2. The molecule has 0 fully saturated rings. The van der Waals surface area contributed by atoms with Gasteiger partial charge in [0.1, 0.15) is 6.54 Å². The average Bonchev–Trinajstić information content (AvgIpc) is 2.39. The summed E-state index contributed by atoms with van der Waals surface area (Å²) in [5, 5.41) is 12.1. The number of amides is 2. The first-order valence-electron chi connectivity index (χ1n) is 6.40. The fourth-order valence-corrected chi connectivity index (χ4v) is 1.84. The molecule has 0 aliphatic heterocycles. The van der Waals surface area contributed by atoms with E-state index in [2.05, 4.69) is 5.32 Å². The van der Waals surface area contributed by atoms with Crippen LogP contribution in [0.25, 0.3) is 0 Å². The van der Waals surface area contributed by atoms with E-state index in [9.17, 15) is 9.59 Å². The molecule has 0 radical (unpaired) electrons. The van der Waals surface area contributed by atoms with E-state index in [1.807, 2.05) is 20.8 Å². The SMILES string of the molecule is CCC(C)N(CC(=O)O)C(=O)Nc1ccc(C)c(Cl)c1. The number of aryl methyl sites for hydroxylation is 1. The van der Waals surface area contributed by atoms with E-state index in [1.54, 1.807) is 18.2 Å². The number of halogens is 1. The molecule has 6 heteroatoms. The average molecular weight is 299 g/mol. The predicted molar refractivity (Wildman–Crippen MR) is 79.3 cm³/mol. The number of nitrogens with one attached hydrogen (secondary N) is 1. The molecule has 1 aromatic carbocycles. The molecule has 1 unspecified atom stereocenters. The number of urea groups is 1. The van der Waals surface area contributed by atoms with E-state index >= 15 is 0 Å². The van der Waals surface area contributed by atoms with Gasteiger partial charge in [0.05, 0.1) is 0 Å². The zero-order valence-corrected chi connectivity index (χ0v) is 12.6. The molecule has 0 heterocycles. The van der Waals surface area contributed by atoms with Gasteiger partial charge in [-0.05, 0) is 38.0 Å². The lowest BCUT2D eigenvalue weighted by molar-refractivity contribution is -0.138. The number of nitrogens with zero attached hydrogens (tertiary/aromatic N) is 1. The molecule has 110 valence electrons. The minimum atomic E-state index is -1.04. The van der Waals surface area contributed by atoms with Crippen LogP contribution >= 0.6 is 11.6 Å². The smallest absolute Gasteiger partial charge is 0.323 e. The first-order valence-corrected chi connectivity index (χ1v) is 6.78. The Labute approximate surface area is 123 Å². The highest BCUT2D eigenvalue weighted by atomic mass is 35.5. The van der Waals surface area contributed by atoms with Crippen molar-refractivity contribution in [3.8, 4) is 0 Å². The van der Waals surface area contributed by atoms with Crippen LogP contribution in [0, 0.1) is 6.92 Å². The molecular weight excluding hydrogens is 280 g/mol. The first kappa shape index (κ1) is 16.3. The molecule has 0 spiro atoms. The molecule has 2 amide bonds. The third-order valence-corrected chi connectivity index (χ3v) is 3.52. The minimum absolute atomic E-state index is 0.160. The zero-order chi connectivity index (χ0) is 15.3. The van der Waals surface area contributed by atoms with Crippen LogP contribution in [0.4, 0.5) is 10.5 Å². The second-order valence-electron chi connectivity index (χ2n) is 4.67. The Kier molecular flexibility index (Phi) is 5.82. The number of benzene rings is 1. The highest BCUT2D eigenvalue weighted by Gasteiger charge is 2.21. The van der Waals surface area contributed by atoms with E-state index in [-0.39, 0.29) is 12.6 Å². The molecule has 2 N–H and O–H groups in total. The number of hydrogen-bond acceptors (Lipinski definition) is 2. The van der Waals surface area contributed by atoms with Gasteiger partial charge in [-0.3, -0.25) is 4.79 Å². The van der Waals surface area contributed by atoms with Crippen molar-refractivity contribution < 1.29 is 14.7 Å². The Morgan fingerprint density at radius 1 is 1.45 bits per heavy atom. The van der Waals surface area contributed by atoms with Gasteiger partial charge in [0.15, 0.2) is 0 Å². The summed E-state index contributed by atoms with van der Waals surface area (Å²) < 4.78 is 0. The van der Waals surface area contributed by atoms with Gasteiger partial charge < -0.3 is 15.3 Å². The van der Waals surface area contributed by atoms with Crippen molar-refractivity contribution in [1.82, 2.24) is 4.90 Å². The number of aliphatic carboxylic acids is 1. The molecule has 0 aliphatic rings. The van der Waals surface area contributed by atoms with Crippen LogP contribution in [0.1, 0.15) is 25.8 Å². The summed E-state index contributed by atoms with van der Waals surface area (Å²) >= 11 is 5.99. The Morgan fingerprint density at radius 3 is 2.60 bits per heavy atom. The summed E-state index contributed by atoms with van der Waals surface area (Å²) in [7, 11) is 0. The standard InChI is InChI=1S/C14H19ClN2O3/c1-4-10(3)17(8-13(18)19)14(20)16-11-6-5-9(2)12(15)7-11/h5-7,10H,4,8H2,1-3H3,(H,16,20)(H,18,19). The van der Waals surface area contributed by atoms with Crippen LogP contribution in [0.5, 0.6) is 0 Å². The summed E-state index contributed by atoms with van der Waals surface area (Å²) in [6, 6.07) is 4.57. The molecule has 0 saturated carbocycles. The van der Waals surface area contributed by atoms with Crippen molar-refractivity contribution in [3.05, 3.63) is 28.8 Å². The fraction of sp³-hybridized carbons (Fsp3) is 0.429. The summed E-state index contributed by atoms with van der Waals surface area (Å²) in [6.07, 6.45) is 0.676. The van der Waals surface area contributed by atoms with Gasteiger partial charge in [-0.25, -0.2) is 4.79 Å². The van der Waals surface area contributed by atoms with Crippen molar-refractivity contribution in [3.63, 3.8) is 0 Å². The maximum atomic E-state index is 12.2. The molecular formula is C14H19ClN2O3. The van der Waals surface area contributed by atoms with Crippen molar-refractivity contribution in [2.24, 2.45) is 0 Å². The normalized spacial score (nSPS) is 11.8. The Hall–Kier alpha value is -1.75. The topological polar surface area (TPSA) is 69.6 Å². The lowest BCUT2D eigenvalue weighted by Crippen LogP contribution is -2.44. The van der Waals surface area contributed by atoms with E-state index in [0.29, 0.717) is 17.1 Å². The van der Waals surface area contributed by atoms with Crippen molar-refractivity contribution in [1.29, 1.82) is 0 Å². The van der Waals surface area contributed by atoms with Crippen LogP contribution in [-0.4, -0.2) is 34.6 Å². The third-order valence-electron chi connectivity index (χ3n) is 3.11. The van der Waals surface area contributed by atoms with Crippen molar-refractivity contribution >= 4 is 29.3 Å². The zero-order valence-electron chi connectivity index (χ0n) is 11.8. The van der Waals surface area contributed by atoms with E-state index < -0.39 is 12.0 Å². The monoisotopic (exact) mass is 298 g/mol. The van der Waals surface area contributed by atoms with Crippen LogP contribution in [0.15, 0.2) is 18.2 Å². The number of carboxylic acids is 1. The molecule has 1 rings (SSSR count). The predicted octanol–water partition coefficient (Wildman–Crippen LogP) is 3.37. The molecule has 0 saturated heterocycles. The third kappa shape index (κ3) is 4.42. The first-order chi connectivity index (χ1) is 9.35. The van der Waals surface area contributed by atoms with Crippen LogP contribution in [0.3, 0.4) is 0 Å². The van der Waals surface area contributed by atoms with Crippen molar-refractivity contribution in [2.75, 3.05) is 11.9 Å². The van der Waals surface area contributed by atoms with Gasteiger partial charge >= 0.3 is 12.0 Å². The molecule has 0 aliphatic carbocycles. The molecule has 5 nitrogen and oxygen atoms in total. The summed E-state index contributed by atoms with van der Waals surface area (Å²) in [4.78, 5) is 24.3. The van der Waals surface area contributed by atoms with E-state index in [1.165, 1.54) is 4.90 Å². The Bertz CT molecular complexity index is 505. The summed E-state index contributed by atoms with van der Waals surface area (Å²) in [6.45, 7) is 5.24. The van der Waals surface area contributed by atoms with Gasteiger partial charge in [0.2, 0.25) is 0 Å². The van der Waals surface area contributed by atoms with Gasteiger partial charge in [-0.1, -0.05) is 24.6 Å². The van der Waals surface area contributed by atoms with Gasteiger partial charge in [-0.2, -0.15) is 0 Å². The Balaban J connectivity index is 2.84. The molecule has 1 aromatic rings. The lowest BCUT2D eigenvalue weighted by Gasteiger charge is -2.27. The van der Waals surface area contributed by atoms with Gasteiger partial charge in [0, 0.05) is 16.8 Å². The highest BCUT2D eigenvalue weighted by molar-refractivity contribution is 6.31. The second-order valence-corrected chi connectivity index (χ2v) is 5.08. The lowest BCUT2D eigenvalue weighted by atomic mass is 10.2. The fourth-order valence-electron chi connectivity index (χ4n) is 1.66. The van der Waals surface area contributed by atoms with Crippen LogP contribution in [0.2, 0.25) is 5.02 Å². The summed E-state index contributed by atoms with van der Waals surface area (Å²) in [5.74, 6) is -1.04. The largest absolute Gasteiger partial charge is 0.480 e. The molecule has 0 bridgehead atoms. The van der Waals surface area contributed by atoms with Gasteiger partial charge in [-0.15, -0.1) is 0 Å². The Morgan fingerprint density at radius 2 is 2.10 bits per heavy atom. The van der Waals surface area contributed by atoms with E-state index in [0.717, 1.165) is 5.56 Å². The number of rotatable bonds is 5.